The van der Waals surface area contributed by atoms with Gasteiger partial charge in [0.1, 0.15) is 10.9 Å². The van der Waals surface area contributed by atoms with Gasteiger partial charge in [0.05, 0.1) is 0 Å². The molecule has 0 radical (unpaired) electrons. The van der Waals surface area contributed by atoms with Gasteiger partial charge in [0.15, 0.2) is 0 Å². The second-order valence-corrected chi connectivity index (χ2v) is 6.79. The maximum Gasteiger partial charge on any atom is 0.322 e. The van der Waals surface area contributed by atoms with E-state index in [2.05, 4.69) is 25.6 Å². The van der Waals surface area contributed by atoms with Gasteiger partial charge in [-0.3, -0.25) is 9.78 Å². The first kappa shape index (κ1) is 16.1. The van der Waals surface area contributed by atoms with Crippen LogP contribution >= 0.6 is 15.9 Å². The van der Waals surface area contributed by atoms with E-state index in [1.54, 1.807) is 13.8 Å². The van der Waals surface area contributed by atoms with E-state index in [9.17, 15) is 13.2 Å². The number of hydrogen-bond acceptors (Lipinski definition) is 4. The Balaban J connectivity index is 3.04. The quantitative estimate of drug-likeness (QED) is 0.812. The zero-order chi connectivity index (χ0) is 14.6. The molecule has 0 fully saturated rings. The molecule has 0 spiro atoms. The predicted octanol–water partition coefficient (Wildman–Crippen LogP) is 1.62. The largest absolute Gasteiger partial charge is 0.480 e. The van der Waals surface area contributed by atoms with Crippen molar-refractivity contribution in [2.75, 3.05) is 0 Å². The number of rotatable bonds is 6. The minimum atomic E-state index is -3.91. The van der Waals surface area contributed by atoms with Gasteiger partial charge in [-0.25, -0.2) is 8.42 Å². The summed E-state index contributed by atoms with van der Waals surface area (Å²) in [6.07, 6.45) is 3.17. The van der Waals surface area contributed by atoms with Gasteiger partial charge in [0.2, 0.25) is 10.0 Å². The highest BCUT2D eigenvalue weighted by molar-refractivity contribution is 9.10. The Labute approximate surface area is 120 Å². The van der Waals surface area contributed by atoms with Crippen molar-refractivity contribution in [2.45, 2.75) is 31.2 Å². The summed E-state index contributed by atoms with van der Waals surface area (Å²) < 4.78 is 26.9. The number of hydrogen-bond donors (Lipinski definition) is 2. The summed E-state index contributed by atoms with van der Waals surface area (Å²) in [6.45, 7) is 3.48. The molecule has 2 atom stereocenters. The fourth-order valence-electron chi connectivity index (χ4n) is 1.42. The third-order valence-corrected chi connectivity index (χ3v) is 4.59. The summed E-state index contributed by atoms with van der Waals surface area (Å²) in [6, 6.07) is 0.208. The highest BCUT2D eigenvalue weighted by Gasteiger charge is 2.29. The van der Waals surface area contributed by atoms with Gasteiger partial charge in [0, 0.05) is 16.9 Å². The van der Waals surface area contributed by atoms with Crippen LogP contribution in [0.3, 0.4) is 0 Å². The predicted molar refractivity (Wildman–Crippen MR) is 73.1 cm³/mol. The van der Waals surface area contributed by atoms with Crippen LogP contribution < -0.4 is 4.72 Å². The van der Waals surface area contributed by atoms with E-state index in [0.717, 1.165) is 0 Å². The number of pyridine rings is 1. The second kappa shape index (κ2) is 6.44. The van der Waals surface area contributed by atoms with Gasteiger partial charge in [0.25, 0.3) is 0 Å². The summed E-state index contributed by atoms with van der Waals surface area (Å²) in [5, 5.41) is 9.09. The molecular formula is C11H15BrN2O4S. The molecule has 0 saturated carbocycles. The molecule has 1 aromatic heterocycles. The van der Waals surface area contributed by atoms with Gasteiger partial charge >= 0.3 is 5.97 Å². The monoisotopic (exact) mass is 350 g/mol. The van der Waals surface area contributed by atoms with Gasteiger partial charge in [-0.2, -0.15) is 4.72 Å². The molecule has 0 aliphatic rings. The van der Waals surface area contributed by atoms with Crippen molar-refractivity contribution in [3.05, 3.63) is 22.9 Å². The molecular weight excluding hydrogens is 336 g/mol. The molecule has 0 aliphatic carbocycles. The van der Waals surface area contributed by atoms with E-state index in [1.165, 1.54) is 18.5 Å². The number of carbonyl (C=O) groups is 1. The lowest BCUT2D eigenvalue weighted by molar-refractivity contribution is -0.140. The van der Waals surface area contributed by atoms with Crippen LogP contribution in [-0.4, -0.2) is 30.5 Å². The summed E-state index contributed by atoms with van der Waals surface area (Å²) >= 11 is 3.12. The average molecular weight is 351 g/mol. The van der Waals surface area contributed by atoms with Crippen molar-refractivity contribution in [3.8, 4) is 0 Å². The molecule has 0 amide bonds. The van der Waals surface area contributed by atoms with E-state index in [0.29, 0.717) is 10.9 Å². The zero-order valence-corrected chi connectivity index (χ0v) is 12.9. The lowest BCUT2D eigenvalue weighted by Gasteiger charge is -2.20. The van der Waals surface area contributed by atoms with Crippen molar-refractivity contribution in [3.63, 3.8) is 0 Å². The van der Waals surface area contributed by atoms with E-state index in [-0.39, 0.29) is 10.8 Å². The van der Waals surface area contributed by atoms with Gasteiger partial charge in [-0.1, -0.05) is 20.3 Å². The minimum Gasteiger partial charge on any atom is -0.480 e. The fourth-order valence-corrected chi connectivity index (χ4v) is 3.22. The van der Waals surface area contributed by atoms with Crippen LogP contribution in [0.25, 0.3) is 0 Å². The molecule has 8 heteroatoms. The molecule has 0 aromatic carbocycles. The van der Waals surface area contributed by atoms with Crippen LogP contribution in [0.4, 0.5) is 0 Å². The van der Waals surface area contributed by atoms with Crippen LogP contribution in [0.15, 0.2) is 27.8 Å². The highest BCUT2D eigenvalue weighted by Crippen LogP contribution is 2.16. The first-order chi connectivity index (χ1) is 8.77. The normalized spacial score (nSPS) is 14.9. The Bertz CT molecular complexity index is 562. The van der Waals surface area contributed by atoms with Crippen LogP contribution in [0.1, 0.15) is 20.3 Å². The maximum atomic E-state index is 12.1. The third kappa shape index (κ3) is 4.26. The number of halogens is 1. The standard InChI is InChI=1S/C11H15BrN2O4S/c1-3-7(2)10(11(15)16)14-19(17,18)9-4-8(12)5-13-6-9/h4-7,10,14H,3H2,1-2H3,(H,15,16)/t7-,10-/m0/s1. The van der Waals surface area contributed by atoms with Gasteiger partial charge < -0.3 is 5.11 Å². The van der Waals surface area contributed by atoms with Crippen molar-refractivity contribution < 1.29 is 18.3 Å². The topological polar surface area (TPSA) is 96.4 Å². The second-order valence-electron chi connectivity index (χ2n) is 4.16. The van der Waals surface area contributed by atoms with Crippen LogP contribution in [0.5, 0.6) is 0 Å². The number of aliphatic carboxylic acids is 1. The first-order valence-electron chi connectivity index (χ1n) is 5.63. The summed E-state index contributed by atoms with van der Waals surface area (Å²) in [5.41, 5.74) is 0. The number of carboxylic acids is 1. The third-order valence-electron chi connectivity index (χ3n) is 2.75. The molecule has 6 nitrogen and oxygen atoms in total. The molecule has 19 heavy (non-hydrogen) atoms. The number of nitrogens with one attached hydrogen (secondary N) is 1. The Kier molecular flexibility index (Phi) is 5.45. The molecule has 106 valence electrons. The summed E-state index contributed by atoms with van der Waals surface area (Å²) in [7, 11) is -3.91. The Morgan fingerprint density at radius 3 is 2.63 bits per heavy atom. The van der Waals surface area contributed by atoms with E-state index < -0.39 is 22.0 Å². The summed E-state index contributed by atoms with van der Waals surface area (Å²) in [5.74, 6) is -1.51. The molecule has 0 unspecified atom stereocenters. The van der Waals surface area contributed by atoms with Gasteiger partial charge in [-0.05, 0) is 27.9 Å². The van der Waals surface area contributed by atoms with Gasteiger partial charge in [-0.15, -0.1) is 0 Å². The van der Waals surface area contributed by atoms with Crippen molar-refractivity contribution in [1.29, 1.82) is 0 Å². The molecule has 1 aromatic rings. The smallest absolute Gasteiger partial charge is 0.322 e. The zero-order valence-electron chi connectivity index (χ0n) is 10.5. The molecule has 2 N–H and O–H groups in total. The van der Waals surface area contributed by atoms with Crippen LogP contribution in [-0.2, 0) is 14.8 Å². The number of nitrogens with zero attached hydrogens (tertiary/aromatic N) is 1. The van der Waals surface area contributed by atoms with Crippen molar-refractivity contribution in [1.82, 2.24) is 9.71 Å². The Morgan fingerprint density at radius 2 is 2.16 bits per heavy atom. The first-order valence-corrected chi connectivity index (χ1v) is 7.91. The number of aromatic nitrogens is 1. The molecule has 0 saturated heterocycles. The van der Waals surface area contributed by atoms with Crippen molar-refractivity contribution >= 4 is 31.9 Å². The molecule has 0 bridgehead atoms. The Morgan fingerprint density at radius 1 is 1.53 bits per heavy atom. The summed E-state index contributed by atoms with van der Waals surface area (Å²) in [4.78, 5) is 14.8. The van der Waals surface area contributed by atoms with Crippen LogP contribution in [0.2, 0.25) is 0 Å². The lowest BCUT2D eigenvalue weighted by atomic mass is 10.0. The number of carboxylic acid groups (broad SMARTS) is 1. The minimum absolute atomic E-state index is 0.0728. The average Bonchev–Trinajstić information content (AvgIpc) is 2.35. The maximum absolute atomic E-state index is 12.1. The number of sulfonamides is 1. The molecule has 1 rings (SSSR count). The fraction of sp³-hybridized carbons (Fsp3) is 0.455. The van der Waals surface area contributed by atoms with Crippen LogP contribution in [0, 0.1) is 5.92 Å². The van der Waals surface area contributed by atoms with E-state index in [1.807, 2.05) is 0 Å². The highest BCUT2D eigenvalue weighted by atomic mass is 79.9. The SMILES string of the molecule is CC[C@H](C)[C@H](NS(=O)(=O)c1cncc(Br)c1)C(=O)O. The molecule has 1 heterocycles. The lowest BCUT2D eigenvalue weighted by Crippen LogP contribution is -2.44. The Hall–Kier alpha value is -0.990. The van der Waals surface area contributed by atoms with Crippen molar-refractivity contribution in [2.24, 2.45) is 5.92 Å². The molecule has 0 aliphatic heterocycles. The van der Waals surface area contributed by atoms with E-state index >= 15 is 0 Å². The van der Waals surface area contributed by atoms with E-state index in [4.69, 9.17) is 5.11 Å².